The van der Waals surface area contributed by atoms with Gasteiger partial charge < -0.3 is 9.84 Å². The van der Waals surface area contributed by atoms with Crippen LogP contribution in [-0.4, -0.2) is 45.0 Å². The largest absolute Gasteiger partial charge is 0.489 e. The summed E-state index contributed by atoms with van der Waals surface area (Å²) in [7, 11) is -4.43. The van der Waals surface area contributed by atoms with Gasteiger partial charge in [-0.15, -0.1) is 5.10 Å². The summed E-state index contributed by atoms with van der Waals surface area (Å²) in [6, 6.07) is 24.2. The number of aliphatic carboxylic acids is 1. The molecule has 0 radical (unpaired) electrons. The van der Waals surface area contributed by atoms with Crippen LogP contribution in [-0.2, 0) is 40.6 Å². The van der Waals surface area contributed by atoms with Crippen LogP contribution in [0.2, 0.25) is 0 Å². The van der Waals surface area contributed by atoms with Crippen LogP contribution in [0.15, 0.2) is 102 Å². The van der Waals surface area contributed by atoms with E-state index in [0.29, 0.717) is 22.4 Å². The molecule has 45 heavy (non-hydrogen) atoms. The molecule has 0 aliphatic carbocycles. The van der Waals surface area contributed by atoms with Gasteiger partial charge in [-0.2, -0.15) is 0 Å². The highest BCUT2D eigenvalue weighted by atomic mass is 32.2. The summed E-state index contributed by atoms with van der Waals surface area (Å²) in [5, 5.41) is 18.6. The summed E-state index contributed by atoms with van der Waals surface area (Å²) in [4.78, 5) is 25.9. The number of fused-ring (bicyclic) bond motifs is 1. The summed E-state index contributed by atoms with van der Waals surface area (Å²) in [5.41, 5.74) is 1.24. The van der Waals surface area contributed by atoms with E-state index in [0.717, 1.165) is 10.7 Å². The molecule has 4 aromatic carbocycles. The van der Waals surface area contributed by atoms with E-state index in [1.54, 1.807) is 60.7 Å². The van der Waals surface area contributed by atoms with Gasteiger partial charge in [0.15, 0.2) is 14.6 Å². The molecular formula is C33H29F2N3O6S. The normalized spacial score (nSPS) is 12.9. The highest BCUT2D eigenvalue weighted by Crippen LogP contribution is 2.30. The Morgan fingerprint density at radius 1 is 0.867 bits per heavy atom. The minimum absolute atomic E-state index is 0.0135. The number of rotatable bonds is 13. The summed E-state index contributed by atoms with van der Waals surface area (Å²) in [5.74, 6) is -2.68. The van der Waals surface area contributed by atoms with Crippen LogP contribution in [0.4, 0.5) is 8.78 Å². The maximum absolute atomic E-state index is 14.1. The van der Waals surface area contributed by atoms with Gasteiger partial charge in [-0.3, -0.25) is 9.59 Å². The maximum atomic E-state index is 14.1. The third kappa shape index (κ3) is 7.23. The van der Waals surface area contributed by atoms with Crippen LogP contribution >= 0.6 is 0 Å². The lowest BCUT2D eigenvalue weighted by Gasteiger charge is -2.29. The van der Waals surface area contributed by atoms with Crippen molar-refractivity contribution in [3.05, 3.63) is 136 Å². The number of carbonyl (C=O) groups is 1. The predicted octanol–water partition coefficient (Wildman–Crippen LogP) is 4.76. The van der Waals surface area contributed by atoms with Crippen molar-refractivity contribution in [1.29, 1.82) is 0 Å². The van der Waals surface area contributed by atoms with Crippen LogP contribution in [0.25, 0.3) is 10.9 Å². The third-order valence-electron chi connectivity index (χ3n) is 7.60. The van der Waals surface area contributed by atoms with Crippen LogP contribution in [0.1, 0.15) is 23.1 Å². The number of nitrogens with zero attached hydrogens (tertiary/aromatic N) is 3. The summed E-state index contributed by atoms with van der Waals surface area (Å²) in [6.07, 6.45) is -1.05. The van der Waals surface area contributed by atoms with E-state index < -0.39 is 50.5 Å². The number of sulfone groups is 1. The Balaban J connectivity index is 1.37. The number of hydrogen-bond donors (Lipinski definition) is 1. The average Bonchev–Trinajstić information content (AvgIpc) is 3.02. The molecule has 1 heterocycles. The Kier molecular flexibility index (Phi) is 9.33. The quantitative estimate of drug-likeness (QED) is 0.197. The van der Waals surface area contributed by atoms with Crippen LogP contribution in [0.3, 0.4) is 0 Å². The molecule has 1 aromatic heterocycles. The van der Waals surface area contributed by atoms with E-state index in [9.17, 15) is 31.9 Å². The Morgan fingerprint density at radius 2 is 1.53 bits per heavy atom. The second kappa shape index (κ2) is 13.3. The van der Waals surface area contributed by atoms with Gasteiger partial charge in [0.05, 0.1) is 11.1 Å². The Bertz CT molecular complexity index is 2000. The fourth-order valence-corrected chi connectivity index (χ4v) is 7.05. The first kappa shape index (κ1) is 31.5. The van der Waals surface area contributed by atoms with E-state index in [4.69, 9.17) is 4.74 Å². The molecule has 5 rings (SSSR count). The number of aryl methyl sites for hydroxylation is 2. The van der Waals surface area contributed by atoms with E-state index in [-0.39, 0.29) is 36.3 Å². The number of hydrogen-bond acceptors (Lipinski definition) is 7. The first-order chi connectivity index (χ1) is 21.6. The van der Waals surface area contributed by atoms with Crippen molar-refractivity contribution in [2.24, 2.45) is 0 Å². The minimum atomic E-state index is -4.43. The highest BCUT2D eigenvalue weighted by Gasteiger charge is 2.50. The van der Waals surface area contributed by atoms with E-state index in [1.165, 1.54) is 30.3 Å². The van der Waals surface area contributed by atoms with Gasteiger partial charge in [-0.1, -0.05) is 53.7 Å². The molecule has 9 nitrogen and oxygen atoms in total. The molecule has 232 valence electrons. The summed E-state index contributed by atoms with van der Waals surface area (Å²) < 4.78 is 59.7. The molecule has 0 saturated heterocycles. The molecule has 0 saturated carbocycles. The molecule has 5 aromatic rings. The monoisotopic (exact) mass is 633 g/mol. The SMILES string of the molecule is O=C(O)C(CCn1nnc2ccccc2c1=O)(Cc1cccc(F)c1)S(=O)(=O)CCc1ccc(OCc2cccc(F)c2)cc1. The van der Waals surface area contributed by atoms with Gasteiger partial charge in [0.2, 0.25) is 0 Å². The molecule has 0 bridgehead atoms. The van der Waals surface area contributed by atoms with Crippen molar-refractivity contribution < 1.29 is 31.8 Å². The Labute approximate surface area is 257 Å². The molecule has 0 fully saturated rings. The molecule has 1 atom stereocenters. The lowest BCUT2D eigenvalue weighted by molar-refractivity contribution is -0.140. The smallest absolute Gasteiger partial charge is 0.325 e. The lowest BCUT2D eigenvalue weighted by Crippen LogP contribution is -2.51. The van der Waals surface area contributed by atoms with E-state index >= 15 is 0 Å². The summed E-state index contributed by atoms with van der Waals surface area (Å²) in [6.45, 7) is -0.216. The van der Waals surface area contributed by atoms with E-state index in [1.807, 2.05) is 0 Å². The molecule has 0 aliphatic rings. The third-order valence-corrected chi connectivity index (χ3v) is 10.1. The van der Waals surface area contributed by atoms with Gasteiger partial charge in [-0.25, -0.2) is 21.9 Å². The topological polar surface area (TPSA) is 128 Å². The Morgan fingerprint density at radius 3 is 2.22 bits per heavy atom. The van der Waals surface area contributed by atoms with Crippen LogP contribution < -0.4 is 10.3 Å². The van der Waals surface area contributed by atoms with Gasteiger partial charge in [0.1, 0.15) is 29.5 Å². The van der Waals surface area contributed by atoms with Crippen molar-refractivity contribution in [3.8, 4) is 5.75 Å². The second-order valence-corrected chi connectivity index (χ2v) is 13.0. The van der Waals surface area contributed by atoms with Crippen molar-refractivity contribution in [2.75, 3.05) is 5.75 Å². The van der Waals surface area contributed by atoms with Crippen molar-refractivity contribution in [3.63, 3.8) is 0 Å². The zero-order chi connectivity index (χ0) is 32.0. The number of benzene rings is 4. The first-order valence-electron chi connectivity index (χ1n) is 14.1. The van der Waals surface area contributed by atoms with Crippen LogP contribution in [0.5, 0.6) is 5.75 Å². The number of carboxylic acids is 1. The zero-order valence-electron chi connectivity index (χ0n) is 24.0. The average molecular weight is 634 g/mol. The molecule has 0 aliphatic heterocycles. The summed E-state index contributed by atoms with van der Waals surface area (Å²) >= 11 is 0. The van der Waals surface area contributed by atoms with Gasteiger partial charge in [0.25, 0.3) is 5.56 Å². The molecule has 1 unspecified atom stereocenters. The minimum Gasteiger partial charge on any atom is -0.489 e. The van der Waals surface area contributed by atoms with Gasteiger partial charge in [-0.05, 0) is 78.1 Å². The standard InChI is InChI=1S/C33H29F2N3O6S/c34-26-7-3-5-24(19-26)21-33(32(40)41,16-17-38-31(39)29-9-1-2-10-30(29)36-37-38)45(42,43)18-15-23-11-13-28(14-12-23)44-22-25-6-4-8-27(35)20-25/h1-14,19-20H,15-18,21-22H2,(H,40,41). The molecular weight excluding hydrogens is 604 g/mol. The number of halogens is 2. The van der Waals surface area contributed by atoms with Crippen LogP contribution in [0, 0.1) is 11.6 Å². The van der Waals surface area contributed by atoms with E-state index in [2.05, 4.69) is 10.3 Å². The second-order valence-electron chi connectivity index (χ2n) is 10.6. The number of ether oxygens (including phenoxy) is 1. The van der Waals surface area contributed by atoms with Gasteiger partial charge >= 0.3 is 5.97 Å². The van der Waals surface area contributed by atoms with Crippen molar-refractivity contribution in [2.45, 2.75) is 37.2 Å². The van der Waals surface area contributed by atoms with Crippen molar-refractivity contribution in [1.82, 2.24) is 15.0 Å². The van der Waals surface area contributed by atoms with Crippen molar-refractivity contribution >= 4 is 26.7 Å². The number of aromatic nitrogens is 3. The Hall–Kier alpha value is -4.97. The lowest BCUT2D eigenvalue weighted by atomic mass is 9.95. The first-order valence-corrected chi connectivity index (χ1v) is 15.7. The maximum Gasteiger partial charge on any atom is 0.325 e. The fourth-order valence-electron chi connectivity index (χ4n) is 5.10. The zero-order valence-corrected chi connectivity index (χ0v) is 24.8. The predicted molar refractivity (Wildman–Crippen MR) is 164 cm³/mol. The molecule has 0 amide bonds. The molecule has 0 spiro atoms. The molecule has 12 heteroatoms. The number of carboxylic acid groups (broad SMARTS) is 1. The van der Waals surface area contributed by atoms with Gasteiger partial charge in [0, 0.05) is 13.0 Å². The molecule has 1 N–H and O–H groups in total. The fraction of sp³-hybridized carbons (Fsp3) is 0.212. The highest BCUT2D eigenvalue weighted by molar-refractivity contribution is 7.93.